The van der Waals surface area contributed by atoms with Crippen LogP contribution in [-0.4, -0.2) is 70.8 Å². The Morgan fingerprint density at radius 3 is 2.24 bits per heavy atom. The molecule has 202 valence electrons. The van der Waals surface area contributed by atoms with Gasteiger partial charge in [0.1, 0.15) is 5.75 Å². The van der Waals surface area contributed by atoms with E-state index in [0.29, 0.717) is 18.8 Å². The number of sulfonamides is 2. The Hall–Kier alpha value is -2.78. The summed E-state index contributed by atoms with van der Waals surface area (Å²) in [5.74, 6) is -0.479. The Labute approximate surface area is 223 Å². The van der Waals surface area contributed by atoms with E-state index in [-0.39, 0.29) is 26.2 Å². The lowest BCUT2D eigenvalue weighted by atomic mass is 10.2. The molecule has 3 N–H and O–H groups in total. The van der Waals surface area contributed by atoms with Crippen LogP contribution < -0.4 is 20.9 Å². The maximum Gasteiger partial charge on any atom is 0.273 e. The minimum atomic E-state index is -3.77. The van der Waals surface area contributed by atoms with Gasteiger partial charge < -0.3 is 10.1 Å². The van der Waals surface area contributed by atoms with Gasteiger partial charge in [0, 0.05) is 32.9 Å². The highest BCUT2D eigenvalue weighted by Gasteiger charge is 2.27. The number of anilines is 1. The van der Waals surface area contributed by atoms with Gasteiger partial charge in [0.2, 0.25) is 20.0 Å². The standard InChI is InChI=1S/C23H31N5O6S3/c1-27(2)36(30,31)18-10-8-9-17(15-18)24-23(35)26-25-22(29)20-16-19(11-12-21(20)34-3)37(32,33)28-13-6-4-5-7-14-28/h8-12,15-16H,4-7,13-14H2,1-3H3,(H,25,29)(H2,24,26,35). The number of ether oxygens (including phenoxy) is 1. The van der Waals surface area contributed by atoms with Crippen LogP contribution in [0.1, 0.15) is 36.0 Å². The molecule has 2 aromatic carbocycles. The van der Waals surface area contributed by atoms with E-state index in [1.165, 1.54) is 55.8 Å². The van der Waals surface area contributed by atoms with Gasteiger partial charge in [-0.15, -0.1) is 0 Å². The predicted molar refractivity (Wildman–Crippen MR) is 144 cm³/mol. The molecule has 0 aliphatic carbocycles. The highest BCUT2D eigenvalue weighted by atomic mass is 32.2. The van der Waals surface area contributed by atoms with Crippen molar-refractivity contribution in [2.24, 2.45) is 0 Å². The summed E-state index contributed by atoms with van der Waals surface area (Å²) in [7, 11) is -3.17. The van der Waals surface area contributed by atoms with Gasteiger partial charge in [-0.05, 0) is 61.5 Å². The van der Waals surface area contributed by atoms with E-state index in [2.05, 4.69) is 16.2 Å². The van der Waals surface area contributed by atoms with Crippen LogP contribution in [-0.2, 0) is 20.0 Å². The molecule has 1 saturated heterocycles. The highest BCUT2D eigenvalue weighted by molar-refractivity contribution is 7.89. The van der Waals surface area contributed by atoms with Crippen molar-refractivity contribution >= 4 is 49.0 Å². The van der Waals surface area contributed by atoms with Crippen molar-refractivity contribution in [3.63, 3.8) is 0 Å². The fraction of sp³-hybridized carbons (Fsp3) is 0.391. The minimum absolute atomic E-state index is 0.0000297. The summed E-state index contributed by atoms with van der Waals surface area (Å²) in [6.07, 6.45) is 3.55. The fourth-order valence-corrected chi connectivity index (χ4v) is 6.41. The summed E-state index contributed by atoms with van der Waals surface area (Å²) in [5.41, 5.74) is 5.35. The number of nitrogens with zero attached hydrogens (tertiary/aromatic N) is 2. The molecule has 1 heterocycles. The normalized spacial score (nSPS) is 15.0. The van der Waals surface area contributed by atoms with Gasteiger partial charge in [0.15, 0.2) is 5.11 Å². The van der Waals surface area contributed by atoms with Crippen molar-refractivity contribution in [2.45, 2.75) is 35.5 Å². The van der Waals surface area contributed by atoms with Gasteiger partial charge in [0.05, 0.1) is 22.5 Å². The maximum atomic E-state index is 13.2. The van der Waals surface area contributed by atoms with Crippen molar-refractivity contribution in [3.05, 3.63) is 48.0 Å². The lowest BCUT2D eigenvalue weighted by Gasteiger charge is -2.21. The number of hydrogen-bond donors (Lipinski definition) is 3. The molecule has 2 aromatic rings. The van der Waals surface area contributed by atoms with Crippen LogP contribution >= 0.6 is 12.2 Å². The van der Waals surface area contributed by atoms with Gasteiger partial charge in [-0.2, -0.15) is 4.31 Å². The van der Waals surface area contributed by atoms with Crippen LogP contribution in [0, 0.1) is 0 Å². The van der Waals surface area contributed by atoms with Crippen molar-refractivity contribution in [2.75, 3.05) is 39.6 Å². The number of amides is 1. The zero-order valence-electron chi connectivity index (χ0n) is 20.9. The van der Waals surface area contributed by atoms with Crippen molar-refractivity contribution < 1.29 is 26.4 Å². The molecule has 0 unspecified atom stereocenters. The topological polar surface area (TPSA) is 137 Å². The molecule has 0 radical (unpaired) electrons. The second kappa shape index (κ2) is 12.2. The number of nitrogens with one attached hydrogen (secondary N) is 3. The average molecular weight is 570 g/mol. The number of methoxy groups -OCH3 is 1. The number of benzene rings is 2. The Kier molecular flexibility index (Phi) is 9.47. The Balaban J connectivity index is 1.72. The first-order valence-electron chi connectivity index (χ1n) is 11.5. The van der Waals surface area contributed by atoms with Gasteiger partial charge in [-0.3, -0.25) is 15.6 Å². The minimum Gasteiger partial charge on any atom is -0.496 e. The van der Waals surface area contributed by atoms with E-state index in [1.807, 2.05) is 0 Å². The molecule has 1 amide bonds. The quantitative estimate of drug-likeness (QED) is 0.338. The Bertz CT molecular complexity index is 1350. The molecule has 1 aliphatic heterocycles. The molecule has 0 aromatic heterocycles. The Morgan fingerprint density at radius 2 is 1.62 bits per heavy atom. The highest BCUT2D eigenvalue weighted by Crippen LogP contribution is 2.26. The molecule has 3 rings (SSSR count). The van der Waals surface area contributed by atoms with E-state index < -0.39 is 26.0 Å². The molecule has 37 heavy (non-hydrogen) atoms. The van der Waals surface area contributed by atoms with Crippen LogP contribution in [0.2, 0.25) is 0 Å². The summed E-state index contributed by atoms with van der Waals surface area (Å²) in [6.45, 7) is 0.878. The first kappa shape index (κ1) is 28.8. The van der Waals surface area contributed by atoms with Crippen molar-refractivity contribution in [1.29, 1.82) is 0 Å². The number of hydrogen-bond acceptors (Lipinski definition) is 7. The van der Waals surface area contributed by atoms with Crippen LogP contribution in [0.3, 0.4) is 0 Å². The van der Waals surface area contributed by atoms with Gasteiger partial charge in [-0.25, -0.2) is 21.1 Å². The molecule has 0 spiro atoms. The molecule has 11 nitrogen and oxygen atoms in total. The van der Waals surface area contributed by atoms with Crippen molar-refractivity contribution in [1.82, 2.24) is 19.5 Å². The Morgan fingerprint density at radius 1 is 0.946 bits per heavy atom. The molecule has 0 bridgehead atoms. The maximum absolute atomic E-state index is 13.2. The lowest BCUT2D eigenvalue weighted by Crippen LogP contribution is -2.44. The van der Waals surface area contributed by atoms with Gasteiger partial charge >= 0.3 is 0 Å². The van der Waals surface area contributed by atoms with Crippen LogP contribution in [0.15, 0.2) is 52.3 Å². The van der Waals surface area contributed by atoms with Crippen LogP contribution in [0.5, 0.6) is 5.75 Å². The third-order valence-corrected chi connectivity index (χ3v) is 9.69. The summed E-state index contributed by atoms with van der Waals surface area (Å²) in [4.78, 5) is 13.0. The zero-order valence-corrected chi connectivity index (χ0v) is 23.3. The number of rotatable bonds is 7. The number of hydrazine groups is 1. The smallest absolute Gasteiger partial charge is 0.273 e. The lowest BCUT2D eigenvalue weighted by molar-refractivity contribution is 0.0941. The molecular formula is C23H31N5O6S3. The summed E-state index contributed by atoms with van der Waals surface area (Å²) in [6, 6.07) is 10.2. The second-order valence-electron chi connectivity index (χ2n) is 8.53. The third-order valence-electron chi connectivity index (χ3n) is 5.78. The summed E-state index contributed by atoms with van der Waals surface area (Å²) >= 11 is 5.21. The predicted octanol–water partition coefficient (Wildman–Crippen LogP) is 2.14. The largest absolute Gasteiger partial charge is 0.496 e. The molecule has 0 atom stereocenters. The average Bonchev–Trinajstić information content (AvgIpc) is 3.17. The van der Waals surface area contributed by atoms with Crippen molar-refractivity contribution in [3.8, 4) is 5.75 Å². The number of carbonyl (C=O) groups excluding carboxylic acids is 1. The van der Waals surface area contributed by atoms with Gasteiger partial charge in [-0.1, -0.05) is 18.9 Å². The van der Waals surface area contributed by atoms with E-state index in [9.17, 15) is 21.6 Å². The van der Waals surface area contributed by atoms with Crippen LogP contribution in [0.25, 0.3) is 0 Å². The summed E-state index contributed by atoms with van der Waals surface area (Å²) < 4.78 is 58.9. The SMILES string of the molecule is COc1ccc(S(=O)(=O)N2CCCCCC2)cc1C(=O)NNC(=S)Nc1cccc(S(=O)(=O)N(C)C)c1. The monoisotopic (exact) mass is 569 g/mol. The third kappa shape index (κ3) is 6.96. The molecule has 1 aliphatic rings. The van der Waals surface area contributed by atoms with E-state index >= 15 is 0 Å². The van der Waals surface area contributed by atoms with Gasteiger partial charge in [0.25, 0.3) is 5.91 Å². The van der Waals surface area contributed by atoms with E-state index in [4.69, 9.17) is 17.0 Å². The summed E-state index contributed by atoms with van der Waals surface area (Å²) in [5, 5.41) is 2.79. The zero-order chi connectivity index (χ0) is 27.2. The first-order valence-corrected chi connectivity index (χ1v) is 14.8. The van der Waals surface area contributed by atoms with E-state index in [1.54, 1.807) is 12.1 Å². The fourth-order valence-electron chi connectivity index (χ4n) is 3.74. The molecular weight excluding hydrogens is 538 g/mol. The number of thiocarbonyl (C=S) groups is 1. The second-order valence-corrected chi connectivity index (χ2v) is 13.0. The molecule has 0 saturated carbocycles. The first-order chi connectivity index (χ1) is 17.5. The van der Waals surface area contributed by atoms with Crippen LogP contribution in [0.4, 0.5) is 5.69 Å². The van der Waals surface area contributed by atoms with E-state index in [0.717, 1.165) is 30.0 Å². The molecule has 1 fully saturated rings. The number of carbonyl (C=O) groups is 1. The molecule has 14 heteroatoms.